The van der Waals surface area contributed by atoms with Crippen LogP contribution in [0.5, 0.6) is 17.2 Å². The standard InChI is InChI=1S/C21H28N6O3/c1-11(2)27(14-7-15(28-4)18(30-6)16(8-14)29-5)10-13-9-24-20-17(12(13)3)19(22)25-21(23)26-20/h7-9,11H,10H2,1-6H3,(H4,22,23,24,25,26). The van der Waals surface area contributed by atoms with Crippen molar-refractivity contribution in [1.29, 1.82) is 0 Å². The highest BCUT2D eigenvalue weighted by atomic mass is 16.5. The summed E-state index contributed by atoms with van der Waals surface area (Å²) in [6.07, 6.45) is 1.80. The first-order chi connectivity index (χ1) is 14.3. The number of hydrogen-bond donors (Lipinski definition) is 2. The fourth-order valence-electron chi connectivity index (χ4n) is 3.48. The summed E-state index contributed by atoms with van der Waals surface area (Å²) in [4.78, 5) is 14.9. The molecule has 160 valence electrons. The quantitative estimate of drug-likeness (QED) is 0.603. The monoisotopic (exact) mass is 412 g/mol. The van der Waals surface area contributed by atoms with Gasteiger partial charge in [-0.15, -0.1) is 0 Å². The molecule has 0 fully saturated rings. The number of nitrogens with zero attached hydrogens (tertiary/aromatic N) is 4. The number of anilines is 3. The molecule has 3 rings (SSSR count). The normalized spacial score (nSPS) is 11.0. The predicted octanol–water partition coefficient (Wildman–Crippen LogP) is 2.94. The van der Waals surface area contributed by atoms with Crippen LogP contribution in [0.15, 0.2) is 18.3 Å². The van der Waals surface area contributed by atoms with Crippen LogP contribution in [0.2, 0.25) is 0 Å². The zero-order valence-corrected chi connectivity index (χ0v) is 18.2. The number of nitrogens with two attached hydrogens (primary N) is 2. The predicted molar refractivity (Wildman–Crippen MR) is 118 cm³/mol. The topological polar surface area (TPSA) is 122 Å². The lowest BCUT2D eigenvalue weighted by molar-refractivity contribution is 0.324. The average molecular weight is 412 g/mol. The van der Waals surface area contributed by atoms with Gasteiger partial charge in [0.05, 0.1) is 26.7 Å². The molecule has 0 unspecified atom stereocenters. The van der Waals surface area contributed by atoms with Gasteiger partial charge in [0.1, 0.15) is 5.82 Å². The number of pyridine rings is 1. The van der Waals surface area contributed by atoms with Crippen molar-refractivity contribution in [3.05, 3.63) is 29.5 Å². The van der Waals surface area contributed by atoms with Gasteiger partial charge >= 0.3 is 0 Å². The van der Waals surface area contributed by atoms with Gasteiger partial charge < -0.3 is 30.6 Å². The van der Waals surface area contributed by atoms with Crippen LogP contribution < -0.4 is 30.6 Å². The van der Waals surface area contributed by atoms with Crippen molar-refractivity contribution < 1.29 is 14.2 Å². The molecule has 0 bridgehead atoms. The van der Waals surface area contributed by atoms with E-state index in [1.54, 1.807) is 27.5 Å². The molecule has 3 aromatic rings. The average Bonchev–Trinajstić information content (AvgIpc) is 2.71. The second kappa shape index (κ2) is 8.48. The summed E-state index contributed by atoms with van der Waals surface area (Å²) in [5.74, 6) is 2.19. The van der Waals surface area contributed by atoms with Gasteiger partial charge in [0.2, 0.25) is 11.7 Å². The van der Waals surface area contributed by atoms with Crippen molar-refractivity contribution in [3.8, 4) is 17.2 Å². The van der Waals surface area contributed by atoms with Gasteiger partial charge in [-0.3, -0.25) is 0 Å². The van der Waals surface area contributed by atoms with Crippen LogP contribution in [0.4, 0.5) is 17.5 Å². The summed E-state index contributed by atoms with van der Waals surface area (Å²) in [5.41, 5.74) is 15.2. The smallest absolute Gasteiger partial charge is 0.224 e. The van der Waals surface area contributed by atoms with Crippen molar-refractivity contribution >= 4 is 28.5 Å². The van der Waals surface area contributed by atoms with Crippen molar-refractivity contribution in [2.45, 2.75) is 33.4 Å². The second-order valence-electron chi connectivity index (χ2n) is 7.18. The van der Waals surface area contributed by atoms with E-state index < -0.39 is 0 Å². The third-order valence-electron chi connectivity index (χ3n) is 5.08. The number of aryl methyl sites for hydroxylation is 1. The molecule has 0 aliphatic heterocycles. The Morgan fingerprint density at radius 3 is 2.17 bits per heavy atom. The molecule has 2 heterocycles. The largest absolute Gasteiger partial charge is 0.493 e. The Kier molecular flexibility index (Phi) is 6.00. The first-order valence-corrected chi connectivity index (χ1v) is 9.54. The number of ether oxygens (including phenoxy) is 3. The maximum atomic E-state index is 6.10. The molecule has 0 spiro atoms. The second-order valence-corrected chi connectivity index (χ2v) is 7.18. The van der Waals surface area contributed by atoms with E-state index in [2.05, 4.69) is 33.7 Å². The summed E-state index contributed by atoms with van der Waals surface area (Å²) in [6.45, 7) is 6.81. The van der Waals surface area contributed by atoms with Crippen molar-refractivity contribution in [2.75, 3.05) is 37.7 Å². The Morgan fingerprint density at radius 1 is 1.00 bits per heavy atom. The highest BCUT2D eigenvalue weighted by Crippen LogP contribution is 2.42. The molecule has 0 saturated heterocycles. The van der Waals surface area contributed by atoms with Crippen LogP contribution in [0.25, 0.3) is 11.0 Å². The molecular formula is C21H28N6O3. The lowest BCUT2D eigenvalue weighted by atomic mass is 10.1. The molecule has 0 radical (unpaired) electrons. The van der Waals surface area contributed by atoms with Crippen molar-refractivity contribution in [1.82, 2.24) is 15.0 Å². The Labute approximate surface area is 176 Å². The molecule has 0 amide bonds. The number of aromatic nitrogens is 3. The van der Waals surface area contributed by atoms with Gasteiger partial charge in [0.25, 0.3) is 0 Å². The summed E-state index contributed by atoms with van der Waals surface area (Å²) < 4.78 is 16.5. The van der Waals surface area contributed by atoms with Gasteiger partial charge in [-0.1, -0.05) is 0 Å². The molecule has 0 aliphatic rings. The minimum Gasteiger partial charge on any atom is -0.493 e. The minimum absolute atomic E-state index is 0.112. The molecule has 9 heteroatoms. The van der Waals surface area contributed by atoms with Crippen LogP contribution >= 0.6 is 0 Å². The Balaban J connectivity index is 2.08. The van der Waals surface area contributed by atoms with E-state index in [4.69, 9.17) is 25.7 Å². The van der Waals surface area contributed by atoms with E-state index in [1.165, 1.54) is 0 Å². The summed E-state index contributed by atoms with van der Waals surface area (Å²) in [7, 11) is 4.79. The number of methoxy groups -OCH3 is 3. The van der Waals surface area contributed by atoms with Gasteiger partial charge in [-0.2, -0.15) is 9.97 Å². The van der Waals surface area contributed by atoms with Crippen LogP contribution in [0.3, 0.4) is 0 Å². The van der Waals surface area contributed by atoms with Crippen LogP contribution in [0, 0.1) is 6.92 Å². The van der Waals surface area contributed by atoms with Crippen LogP contribution in [-0.2, 0) is 6.54 Å². The fraction of sp³-hybridized carbons (Fsp3) is 0.381. The van der Waals surface area contributed by atoms with Gasteiger partial charge in [-0.25, -0.2) is 4.98 Å². The lowest BCUT2D eigenvalue weighted by Gasteiger charge is -2.31. The van der Waals surface area contributed by atoms with E-state index in [9.17, 15) is 0 Å². The maximum Gasteiger partial charge on any atom is 0.224 e. The molecule has 4 N–H and O–H groups in total. The first kappa shape index (κ1) is 21.2. The molecule has 1 aromatic carbocycles. The third-order valence-corrected chi connectivity index (χ3v) is 5.08. The van der Waals surface area contributed by atoms with Gasteiger partial charge in [0, 0.05) is 36.6 Å². The highest BCUT2D eigenvalue weighted by molar-refractivity contribution is 5.90. The van der Waals surface area contributed by atoms with E-state index in [1.807, 2.05) is 19.1 Å². The Morgan fingerprint density at radius 2 is 1.63 bits per heavy atom. The fourth-order valence-corrected chi connectivity index (χ4v) is 3.48. The molecule has 0 aliphatic carbocycles. The summed E-state index contributed by atoms with van der Waals surface area (Å²) in [5, 5.41) is 0.718. The van der Waals surface area contributed by atoms with Crippen LogP contribution in [-0.4, -0.2) is 42.3 Å². The van der Waals surface area contributed by atoms with Gasteiger partial charge in [-0.05, 0) is 31.9 Å². The van der Waals surface area contributed by atoms with E-state index >= 15 is 0 Å². The van der Waals surface area contributed by atoms with E-state index in [-0.39, 0.29) is 12.0 Å². The SMILES string of the molecule is COc1cc(N(Cc2cnc3nc(N)nc(N)c3c2C)C(C)C)cc(OC)c1OC. The number of benzene rings is 1. The molecule has 9 nitrogen and oxygen atoms in total. The molecule has 0 saturated carbocycles. The molecule has 30 heavy (non-hydrogen) atoms. The van der Waals surface area contributed by atoms with Crippen LogP contribution in [0.1, 0.15) is 25.0 Å². The maximum absolute atomic E-state index is 6.10. The Hall–Kier alpha value is -3.49. The van der Waals surface area contributed by atoms with Gasteiger partial charge in [0.15, 0.2) is 17.1 Å². The minimum atomic E-state index is 0.112. The highest BCUT2D eigenvalue weighted by Gasteiger charge is 2.20. The number of fused-ring (bicyclic) bond motifs is 1. The third kappa shape index (κ3) is 3.83. The van der Waals surface area contributed by atoms with E-state index in [0.29, 0.717) is 35.3 Å². The Bertz CT molecular complexity index is 1050. The number of nitrogen functional groups attached to an aromatic ring is 2. The summed E-state index contributed by atoms with van der Waals surface area (Å²) >= 11 is 0. The number of hydrogen-bond acceptors (Lipinski definition) is 9. The van der Waals surface area contributed by atoms with Crippen molar-refractivity contribution in [2.24, 2.45) is 0 Å². The molecule has 2 aromatic heterocycles. The van der Waals surface area contributed by atoms with E-state index in [0.717, 1.165) is 22.2 Å². The zero-order chi connectivity index (χ0) is 22.0. The zero-order valence-electron chi connectivity index (χ0n) is 18.2. The lowest BCUT2D eigenvalue weighted by Crippen LogP contribution is -2.30. The van der Waals surface area contributed by atoms with Crippen molar-refractivity contribution in [3.63, 3.8) is 0 Å². The summed E-state index contributed by atoms with van der Waals surface area (Å²) in [6, 6.07) is 4.05. The molecule has 0 atom stereocenters. The molecular weight excluding hydrogens is 384 g/mol. The number of rotatable bonds is 7. The first-order valence-electron chi connectivity index (χ1n) is 9.54.